The van der Waals surface area contributed by atoms with Crippen molar-refractivity contribution < 1.29 is 0 Å². The van der Waals surface area contributed by atoms with Gasteiger partial charge < -0.3 is 0 Å². The van der Waals surface area contributed by atoms with Gasteiger partial charge in [-0.05, 0) is 49.6 Å². The maximum Gasteiger partial charge on any atom is 0.266 e. The standard InChI is InChI=1S/C16H13BrN2OS/c1-10-3-8-14-13(9-10)15(20)19(16(18-14)21-2)12-6-4-11(17)5-7-12/h3-9H,1-2H3. The van der Waals surface area contributed by atoms with Crippen LogP contribution in [-0.2, 0) is 0 Å². The van der Waals surface area contributed by atoms with Gasteiger partial charge in [0.2, 0.25) is 0 Å². The fraction of sp³-hybridized carbons (Fsp3) is 0.125. The Morgan fingerprint density at radius 3 is 2.52 bits per heavy atom. The van der Waals surface area contributed by atoms with E-state index in [1.54, 1.807) is 4.57 Å². The van der Waals surface area contributed by atoms with Crippen LogP contribution in [0.2, 0.25) is 0 Å². The van der Waals surface area contributed by atoms with Crippen molar-refractivity contribution in [3.05, 3.63) is 62.9 Å². The number of hydrogen-bond acceptors (Lipinski definition) is 3. The van der Waals surface area contributed by atoms with Crippen LogP contribution in [-0.4, -0.2) is 15.8 Å². The second-order valence-corrected chi connectivity index (χ2v) is 6.43. The van der Waals surface area contributed by atoms with Gasteiger partial charge in [-0.15, -0.1) is 0 Å². The van der Waals surface area contributed by atoms with Crippen LogP contribution in [0.25, 0.3) is 16.6 Å². The lowest BCUT2D eigenvalue weighted by Crippen LogP contribution is -2.21. The first-order chi connectivity index (χ1) is 10.1. The zero-order chi connectivity index (χ0) is 15.0. The highest BCUT2D eigenvalue weighted by Gasteiger charge is 2.12. The van der Waals surface area contributed by atoms with E-state index in [1.165, 1.54) is 11.8 Å². The van der Waals surface area contributed by atoms with E-state index in [-0.39, 0.29) is 5.56 Å². The molecule has 3 rings (SSSR count). The zero-order valence-electron chi connectivity index (χ0n) is 11.6. The third kappa shape index (κ3) is 2.63. The Morgan fingerprint density at radius 2 is 1.86 bits per heavy atom. The summed E-state index contributed by atoms with van der Waals surface area (Å²) in [5.41, 5.74) is 2.59. The lowest BCUT2D eigenvalue weighted by molar-refractivity contribution is 0.821. The van der Waals surface area contributed by atoms with E-state index >= 15 is 0 Å². The first kappa shape index (κ1) is 14.4. The van der Waals surface area contributed by atoms with Gasteiger partial charge in [0, 0.05) is 4.47 Å². The van der Waals surface area contributed by atoms with Gasteiger partial charge >= 0.3 is 0 Å². The summed E-state index contributed by atoms with van der Waals surface area (Å²) in [6.45, 7) is 1.98. The molecule has 0 radical (unpaired) electrons. The molecule has 0 spiro atoms. The molecule has 0 amide bonds. The molecular formula is C16H13BrN2OS. The molecule has 21 heavy (non-hydrogen) atoms. The molecule has 3 aromatic rings. The summed E-state index contributed by atoms with van der Waals surface area (Å²) < 4.78 is 2.65. The van der Waals surface area contributed by atoms with Crippen molar-refractivity contribution in [1.82, 2.24) is 9.55 Å². The highest BCUT2D eigenvalue weighted by molar-refractivity contribution is 9.10. The highest BCUT2D eigenvalue weighted by atomic mass is 79.9. The molecular weight excluding hydrogens is 348 g/mol. The average Bonchev–Trinajstić information content (AvgIpc) is 2.49. The number of nitrogens with zero attached hydrogens (tertiary/aromatic N) is 2. The number of halogens is 1. The summed E-state index contributed by atoms with van der Waals surface area (Å²) in [7, 11) is 0. The van der Waals surface area contributed by atoms with Crippen LogP contribution in [0.1, 0.15) is 5.56 Å². The van der Waals surface area contributed by atoms with Crippen molar-refractivity contribution in [2.24, 2.45) is 0 Å². The van der Waals surface area contributed by atoms with Crippen molar-refractivity contribution >= 4 is 38.6 Å². The van der Waals surface area contributed by atoms with Crippen LogP contribution < -0.4 is 5.56 Å². The normalized spacial score (nSPS) is 11.0. The van der Waals surface area contributed by atoms with E-state index in [0.717, 1.165) is 21.2 Å². The smallest absolute Gasteiger partial charge is 0.266 e. The fourth-order valence-corrected chi connectivity index (χ4v) is 3.06. The Balaban J connectivity index is 2.37. The quantitative estimate of drug-likeness (QED) is 0.507. The first-order valence-corrected chi connectivity index (χ1v) is 8.45. The largest absolute Gasteiger partial charge is 0.268 e. The number of rotatable bonds is 2. The third-order valence-corrected chi connectivity index (χ3v) is 4.43. The number of thioether (sulfide) groups is 1. The predicted molar refractivity (Wildman–Crippen MR) is 91.6 cm³/mol. The zero-order valence-corrected chi connectivity index (χ0v) is 14.0. The second kappa shape index (κ2) is 5.66. The molecule has 5 heteroatoms. The van der Waals surface area contributed by atoms with E-state index in [0.29, 0.717) is 10.5 Å². The molecule has 3 nitrogen and oxygen atoms in total. The molecule has 0 fully saturated rings. The summed E-state index contributed by atoms with van der Waals surface area (Å²) in [5.74, 6) is 0. The molecule has 0 unspecified atom stereocenters. The maximum atomic E-state index is 12.8. The SMILES string of the molecule is CSc1nc2ccc(C)cc2c(=O)n1-c1ccc(Br)cc1. The van der Waals surface area contributed by atoms with Crippen LogP contribution in [0.5, 0.6) is 0 Å². The van der Waals surface area contributed by atoms with Gasteiger partial charge in [-0.2, -0.15) is 0 Å². The van der Waals surface area contributed by atoms with Gasteiger partial charge in [-0.3, -0.25) is 9.36 Å². The molecule has 0 aliphatic carbocycles. The topological polar surface area (TPSA) is 34.9 Å². The Labute approximate surface area is 135 Å². The van der Waals surface area contributed by atoms with Crippen molar-refractivity contribution in [1.29, 1.82) is 0 Å². The van der Waals surface area contributed by atoms with Gasteiger partial charge in [0.05, 0.1) is 16.6 Å². The summed E-state index contributed by atoms with van der Waals surface area (Å²) in [6.07, 6.45) is 1.93. The number of benzene rings is 2. The van der Waals surface area contributed by atoms with E-state index in [9.17, 15) is 4.79 Å². The van der Waals surface area contributed by atoms with Crippen LogP contribution in [0.15, 0.2) is 56.9 Å². The lowest BCUT2D eigenvalue weighted by atomic mass is 10.1. The highest BCUT2D eigenvalue weighted by Crippen LogP contribution is 2.21. The monoisotopic (exact) mass is 360 g/mol. The Morgan fingerprint density at radius 1 is 1.14 bits per heavy atom. The number of aryl methyl sites for hydroxylation is 1. The van der Waals surface area contributed by atoms with E-state index in [4.69, 9.17) is 0 Å². The van der Waals surface area contributed by atoms with Gasteiger partial charge in [0.1, 0.15) is 0 Å². The molecule has 0 N–H and O–H groups in total. The Bertz CT molecular complexity index is 872. The molecule has 0 saturated heterocycles. The molecule has 0 aliphatic rings. The van der Waals surface area contributed by atoms with Gasteiger partial charge in [-0.25, -0.2) is 4.98 Å². The number of fused-ring (bicyclic) bond motifs is 1. The Kier molecular flexibility index (Phi) is 3.87. The van der Waals surface area contributed by atoms with Crippen LogP contribution in [0.3, 0.4) is 0 Å². The van der Waals surface area contributed by atoms with Gasteiger partial charge in [0.25, 0.3) is 5.56 Å². The van der Waals surface area contributed by atoms with Crippen molar-refractivity contribution in [3.63, 3.8) is 0 Å². The average molecular weight is 361 g/mol. The van der Waals surface area contributed by atoms with Crippen molar-refractivity contribution in [3.8, 4) is 5.69 Å². The summed E-state index contributed by atoms with van der Waals surface area (Å²) in [6, 6.07) is 13.4. The molecule has 106 valence electrons. The maximum absolute atomic E-state index is 12.8. The predicted octanol–water partition coefficient (Wildman–Crippen LogP) is 4.18. The fourth-order valence-electron chi connectivity index (χ4n) is 2.23. The minimum absolute atomic E-state index is 0.0321. The summed E-state index contributed by atoms with van der Waals surface area (Å²) >= 11 is 4.88. The summed E-state index contributed by atoms with van der Waals surface area (Å²) in [5, 5.41) is 1.34. The van der Waals surface area contributed by atoms with Gasteiger partial charge in [-0.1, -0.05) is 39.3 Å². The minimum Gasteiger partial charge on any atom is -0.268 e. The first-order valence-electron chi connectivity index (χ1n) is 6.43. The van der Waals surface area contributed by atoms with Crippen LogP contribution >= 0.6 is 27.7 Å². The van der Waals surface area contributed by atoms with E-state index in [2.05, 4.69) is 20.9 Å². The van der Waals surface area contributed by atoms with Crippen molar-refractivity contribution in [2.75, 3.05) is 6.26 Å². The number of aromatic nitrogens is 2. The molecule has 0 aliphatic heterocycles. The molecule has 1 aromatic heterocycles. The van der Waals surface area contributed by atoms with E-state index < -0.39 is 0 Å². The van der Waals surface area contributed by atoms with Crippen LogP contribution in [0.4, 0.5) is 0 Å². The Hall–Kier alpha value is -1.59. The molecule has 2 aromatic carbocycles. The summed E-state index contributed by atoms with van der Waals surface area (Å²) in [4.78, 5) is 17.5. The minimum atomic E-state index is -0.0321. The molecule has 0 bridgehead atoms. The van der Waals surface area contributed by atoms with Crippen molar-refractivity contribution in [2.45, 2.75) is 12.1 Å². The van der Waals surface area contributed by atoms with Gasteiger partial charge in [0.15, 0.2) is 5.16 Å². The van der Waals surface area contributed by atoms with E-state index in [1.807, 2.05) is 55.6 Å². The molecule has 0 saturated carbocycles. The second-order valence-electron chi connectivity index (χ2n) is 4.74. The number of hydrogen-bond donors (Lipinski definition) is 0. The van der Waals surface area contributed by atoms with Crippen LogP contribution in [0, 0.1) is 6.92 Å². The molecule has 0 atom stereocenters. The third-order valence-electron chi connectivity index (χ3n) is 3.26. The lowest BCUT2D eigenvalue weighted by Gasteiger charge is -2.12. The molecule has 1 heterocycles.